The molecule has 0 radical (unpaired) electrons. The van der Waals surface area contributed by atoms with Crippen LogP contribution in [0.2, 0.25) is 0 Å². The lowest BCUT2D eigenvalue weighted by molar-refractivity contribution is 0.122. The van der Waals surface area contributed by atoms with Gasteiger partial charge in [0.25, 0.3) is 0 Å². The molecule has 0 aromatic rings. The van der Waals surface area contributed by atoms with E-state index in [4.69, 9.17) is 5.73 Å². The van der Waals surface area contributed by atoms with Gasteiger partial charge in [0, 0.05) is 12.6 Å². The highest BCUT2D eigenvalue weighted by atomic mass is 14.9. The first-order chi connectivity index (χ1) is 7.24. The number of nitrogens with one attached hydrogen (secondary N) is 1. The highest BCUT2D eigenvalue weighted by molar-refractivity contribution is 4.89. The second-order valence-corrected chi connectivity index (χ2v) is 5.78. The molecule has 0 aromatic carbocycles. The van der Waals surface area contributed by atoms with Crippen LogP contribution in [0.15, 0.2) is 0 Å². The van der Waals surface area contributed by atoms with Gasteiger partial charge in [0.1, 0.15) is 0 Å². The van der Waals surface area contributed by atoms with Gasteiger partial charge in [0.15, 0.2) is 0 Å². The fourth-order valence-corrected chi connectivity index (χ4v) is 3.17. The zero-order valence-corrected chi connectivity index (χ0v) is 10.1. The Labute approximate surface area is 94.0 Å². The number of hydrogen-bond acceptors (Lipinski definition) is 2. The van der Waals surface area contributed by atoms with Crippen molar-refractivity contribution in [2.24, 2.45) is 17.1 Å². The molecule has 2 rings (SSSR count). The van der Waals surface area contributed by atoms with E-state index in [2.05, 4.69) is 12.2 Å². The van der Waals surface area contributed by atoms with E-state index < -0.39 is 0 Å². The molecular formula is C13H26N2. The van der Waals surface area contributed by atoms with E-state index in [1.54, 1.807) is 0 Å². The van der Waals surface area contributed by atoms with Crippen LogP contribution in [-0.2, 0) is 0 Å². The summed E-state index contributed by atoms with van der Waals surface area (Å²) in [7, 11) is 0. The molecule has 2 aliphatic carbocycles. The molecular weight excluding hydrogens is 184 g/mol. The first-order valence-corrected chi connectivity index (χ1v) is 6.70. The van der Waals surface area contributed by atoms with Crippen LogP contribution in [0, 0.1) is 11.3 Å². The summed E-state index contributed by atoms with van der Waals surface area (Å²) in [6, 6.07) is 0.487. The van der Waals surface area contributed by atoms with Crippen LogP contribution in [0.4, 0.5) is 0 Å². The van der Waals surface area contributed by atoms with E-state index in [1.807, 2.05) is 0 Å². The third-order valence-corrected chi connectivity index (χ3v) is 4.68. The first kappa shape index (κ1) is 11.4. The second-order valence-electron chi connectivity index (χ2n) is 5.78. The van der Waals surface area contributed by atoms with Crippen LogP contribution >= 0.6 is 0 Å². The lowest BCUT2D eigenvalue weighted by Gasteiger charge is -2.41. The fraction of sp³-hybridized carbons (Fsp3) is 1.00. The smallest absolute Gasteiger partial charge is 0.00420 e. The van der Waals surface area contributed by atoms with Gasteiger partial charge in [-0.1, -0.05) is 13.3 Å². The topological polar surface area (TPSA) is 38.0 Å². The third kappa shape index (κ3) is 2.73. The molecule has 2 unspecified atom stereocenters. The Bertz CT molecular complexity index is 193. The molecule has 2 atom stereocenters. The molecule has 2 fully saturated rings. The van der Waals surface area contributed by atoms with Crippen molar-refractivity contribution in [3.05, 3.63) is 0 Å². The predicted molar refractivity (Wildman–Crippen MR) is 64.8 cm³/mol. The monoisotopic (exact) mass is 210 g/mol. The van der Waals surface area contributed by atoms with Crippen LogP contribution in [0.5, 0.6) is 0 Å². The van der Waals surface area contributed by atoms with E-state index in [-0.39, 0.29) is 0 Å². The van der Waals surface area contributed by atoms with Gasteiger partial charge < -0.3 is 11.1 Å². The summed E-state index contributed by atoms with van der Waals surface area (Å²) in [5, 5.41) is 3.69. The molecule has 2 aliphatic rings. The normalized spacial score (nSPS) is 34.0. The summed E-state index contributed by atoms with van der Waals surface area (Å²) in [4.78, 5) is 0. The van der Waals surface area contributed by atoms with Crippen LogP contribution in [-0.4, -0.2) is 19.1 Å². The highest BCUT2D eigenvalue weighted by Crippen LogP contribution is 2.43. The molecule has 0 saturated heterocycles. The van der Waals surface area contributed by atoms with Gasteiger partial charge in [-0.3, -0.25) is 0 Å². The average Bonchev–Trinajstić information content (AvgIpc) is 2.56. The minimum atomic E-state index is 0.487. The summed E-state index contributed by atoms with van der Waals surface area (Å²) < 4.78 is 0. The van der Waals surface area contributed by atoms with Crippen molar-refractivity contribution in [1.82, 2.24) is 5.32 Å². The van der Waals surface area contributed by atoms with Crippen LogP contribution in [0.1, 0.15) is 51.9 Å². The Hall–Kier alpha value is -0.0800. The fourth-order valence-electron chi connectivity index (χ4n) is 3.17. The quantitative estimate of drug-likeness (QED) is 0.730. The van der Waals surface area contributed by atoms with Crippen molar-refractivity contribution in [2.45, 2.75) is 57.9 Å². The molecule has 2 saturated carbocycles. The Morgan fingerprint density at radius 3 is 2.60 bits per heavy atom. The average molecular weight is 210 g/mol. The van der Waals surface area contributed by atoms with E-state index >= 15 is 0 Å². The molecule has 0 aromatic heterocycles. The summed E-state index contributed by atoms with van der Waals surface area (Å²) in [5.41, 5.74) is 6.59. The van der Waals surface area contributed by atoms with Gasteiger partial charge in [0.05, 0.1) is 0 Å². The lowest BCUT2D eigenvalue weighted by Crippen LogP contribution is -2.40. The SMILES string of the molecule is CCC1(CNCC2CCC(N)C2)CCC1. The zero-order valence-electron chi connectivity index (χ0n) is 10.1. The molecule has 2 nitrogen and oxygen atoms in total. The largest absolute Gasteiger partial charge is 0.328 e. The second kappa shape index (κ2) is 4.84. The van der Waals surface area contributed by atoms with Gasteiger partial charge >= 0.3 is 0 Å². The predicted octanol–water partition coefficient (Wildman–Crippen LogP) is 2.28. The van der Waals surface area contributed by atoms with Crippen LogP contribution in [0.3, 0.4) is 0 Å². The number of nitrogens with two attached hydrogens (primary N) is 1. The maximum absolute atomic E-state index is 5.92. The summed E-state index contributed by atoms with van der Waals surface area (Å²) in [6.07, 6.45) is 9.51. The number of hydrogen-bond donors (Lipinski definition) is 2. The summed E-state index contributed by atoms with van der Waals surface area (Å²) in [5.74, 6) is 0.856. The lowest BCUT2D eigenvalue weighted by atomic mass is 9.67. The molecule has 15 heavy (non-hydrogen) atoms. The number of rotatable bonds is 5. The Kier molecular flexibility index (Phi) is 3.68. The minimum Gasteiger partial charge on any atom is -0.328 e. The van der Waals surface area contributed by atoms with Crippen molar-refractivity contribution in [2.75, 3.05) is 13.1 Å². The van der Waals surface area contributed by atoms with E-state index in [0.717, 1.165) is 5.92 Å². The van der Waals surface area contributed by atoms with Gasteiger partial charge in [0.2, 0.25) is 0 Å². The molecule has 0 bridgehead atoms. The summed E-state index contributed by atoms with van der Waals surface area (Å²) in [6.45, 7) is 4.79. The standard InChI is InChI=1S/C13H26N2/c1-2-13(6-3-7-13)10-15-9-11-4-5-12(14)8-11/h11-12,15H,2-10,14H2,1H3. The molecule has 0 aliphatic heterocycles. The molecule has 3 N–H and O–H groups in total. The zero-order chi connectivity index (χ0) is 10.7. The maximum Gasteiger partial charge on any atom is 0.00420 e. The molecule has 88 valence electrons. The molecule has 2 heteroatoms. The summed E-state index contributed by atoms with van der Waals surface area (Å²) >= 11 is 0. The minimum absolute atomic E-state index is 0.487. The highest BCUT2D eigenvalue weighted by Gasteiger charge is 2.34. The maximum atomic E-state index is 5.92. The van der Waals surface area contributed by atoms with E-state index in [1.165, 1.54) is 58.0 Å². The van der Waals surface area contributed by atoms with Gasteiger partial charge in [-0.25, -0.2) is 0 Å². The first-order valence-electron chi connectivity index (χ1n) is 6.70. The van der Waals surface area contributed by atoms with Crippen LogP contribution < -0.4 is 11.1 Å². The Morgan fingerprint density at radius 2 is 2.13 bits per heavy atom. The van der Waals surface area contributed by atoms with Crippen molar-refractivity contribution in [3.63, 3.8) is 0 Å². The Morgan fingerprint density at radius 1 is 1.33 bits per heavy atom. The van der Waals surface area contributed by atoms with E-state index in [9.17, 15) is 0 Å². The third-order valence-electron chi connectivity index (χ3n) is 4.68. The van der Waals surface area contributed by atoms with E-state index in [0.29, 0.717) is 11.5 Å². The van der Waals surface area contributed by atoms with Gasteiger partial charge in [-0.05, 0) is 56.4 Å². The van der Waals surface area contributed by atoms with Gasteiger partial charge in [-0.2, -0.15) is 0 Å². The molecule has 0 heterocycles. The van der Waals surface area contributed by atoms with Crippen molar-refractivity contribution in [1.29, 1.82) is 0 Å². The van der Waals surface area contributed by atoms with Crippen molar-refractivity contribution in [3.8, 4) is 0 Å². The Balaban J connectivity index is 1.62. The van der Waals surface area contributed by atoms with Crippen molar-refractivity contribution < 1.29 is 0 Å². The molecule has 0 spiro atoms. The van der Waals surface area contributed by atoms with Crippen LogP contribution in [0.25, 0.3) is 0 Å². The van der Waals surface area contributed by atoms with Crippen molar-refractivity contribution >= 4 is 0 Å². The molecule has 0 amide bonds. The van der Waals surface area contributed by atoms with Gasteiger partial charge in [-0.15, -0.1) is 0 Å².